The fraction of sp³-hybridized carbons (Fsp3) is 0.238. The van der Waals surface area contributed by atoms with Gasteiger partial charge in [-0.05, 0) is 112 Å². The van der Waals surface area contributed by atoms with Crippen LogP contribution in [0.1, 0.15) is 55.4 Å². The first kappa shape index (κ1) is 78.9. The Morgan fingerprint density at radius 3 is 1.23 bits per heavy atom. The lowest BCUT2D eigenvalue weighted by atomic mass is 10.1. The fourth-order valence-electron chi connectivity index (χ4n) is 11.9. The van der Waals surface area contributed by atoms with Gasteiger partial charge in [0.2, 0.25) is 0 Å². The van der Waals surface area contributed by atoms with Gasteiger partial charge in [-0.2, -0.15) is 15.3 Å². The summed E-state index contributed by atoms with van der Waals surface area (Å²) in [6.45, 7) is 9.27. The van der Waals surface area contributed by atoms with Crippen LogP contribution >= 0.6 is 0 Å². The number of methoxy groups -OCH3 is 6. The molecule has 562 valence electrons. The summed E-state index contributed by atoms with van der Waals surface area (Å²) >= 11 is 0. The molecule has 0 unspecified atom stereocenters. The highest BCUT2D eigenvalue weighted by atomic mass is 16.5. The highest BCUT2D eigenvalue weighted by molar-refractivity contribution is 5.86. The SMILES string of the molecule is C.C.COc1cc(OC)cc(N(CC#Cc2cc(N)nc(C)n2)c2ccc3ncc(-c4cnn(C)c4)nc3c2)c1.COc1cc(OC)cc(N(CC#Cc2ccc(C)cn2)c2ccc3ncc(-c4cnn(C)c4)nc3c2)c1.COc1cc(OC)cc(N(CCCO)c2ccc3ncc(-c4c(C)nn(C)c4C)nc3c2)c1. The van der Waals surface area contributed by atoms with Crippen molar-refractivity contribution in [3.63, 3.8) is 0 Å². The Morgan fingerprint density at radius 1 is 0.427 bits per heavy atom. The summed E-state index contributed by atoms with van der Waals surface area (Å²) in [4.78, 5) is 47.6. The molecule has 0 fully saturated rings. The Labute approximate surface area is 640 Å². The van der Waals surface area contributed by atoms with Crippen LogP contribution in [0.5, 0.6) is 34.5 Å². The van der Waals surface area contributed by atoms with E-state index >= 15 is 0 Å². The number of aryl methyl sites for hydroxylation is 6. The molecule has 3 N–H and O–H groups in total. The van der Waals surface area contributed by atoms with Crippen molar-refractivity contribution < 1.29 is 33.5 Å². The smallest absolute Gasteiger partial charge is 0.129 e. The topological polar surface area (TPSA) is 281 Å². The fourth-order valence-corrected chi connectivity index (χ4v) is 11.9. The van der Waals surface area contributed by atoms with E-state index in [1.54, 1.807) is 96.0 Å². The van der Waals surface area contributed by atoms with Crippen LogP contribution in [0.2, 0.25) is 0 Å². The molecule has 8 heterocycles. The van der Waals surface area contributed by atoms with Crippen molar-refractivity contribution >= 4 is 73.0 Å². The Kier molecular flexibility index (Phi) is 25.8. The van der Waals surface area contributed by atoms with E-state index in [1.807, 2.05) is 191 Å². The van der Waals surface area contributed by atoms with Crippen molar-refractivity contribution in [2.45, 2.75) is 49.0 Å². The molecular weight excluding hydrogens is 1390 g/mol. The van der Waals surface area contributed by atoms with Crippen molar-refractivity contribution in [3.8, 4) is 92.0 Å². The standard InChI is InChI=1S/C29H26N6O2.C28H26N8O2.C25H29N5O3.2CH4/c1-20-7-8-22(30-16-20)6-5-11-35(24-12-25(36-3)15-26(13-24)37-4)23-9-10-27-28(14-23)33-29(18-31-27)21-17-32-34(2)19-21;1-18-32-20(10-28(29)33-18)6-5-9-36(22-11-23(37-3)14-24(12-22)38-4)21-7-8-25-26(13-21)34-27(16-30-25)19-15-31-35(2)17-19;1-16-25(17(2)29(3)28-16)24-15-26-22-8-7-18(13-23(22)27-24)30(9-6-10-31)19-11-20(32-4)14-21(12-19)33-5;;/h7-10,12-19H,11H2,1-4H3;7-8,10-17H,9H2,1-4H3,(H2,29,32,33);7-8,11-15,31H,6,9-10H2,1-5H3;2*1H4. The number of nitrogens with two attached hydrogens (primary N) is 1. The Morgan fingerprint density at radius 2 is 0.845 bits per heavy atom. The zero-order valence-electron chi connectivity index (χ0n) is 62.3. The summed E-state index contributed by atoms with van der Waals surface area (Å²) in [5.74, 6) is 17.8. The van der Waals surface area contributed by atoms with E-state index in [0.717, 1.165) is 124 Å². The number of fused-ring (bicyclic) bond motifs is 3. The molecule has 6 aromatic carbocycles. The molecule has 0 radical (unpaired) electrons. The van der Waals surface area contributed by atoms with Crippen LogP contribution in [0.3, 0.4) is 0 Å². The number of hydrogen-bond acceptors (Lipinski definition) is 23. The lowest BCUT2D eigenvalue weighted by molar-refractivity contribution is 0.291. The summed E-state index contributed by atoms with van der Waals surface area (Å²) < 4.78 is 38.3. The summed E-state index contributed by atoms with van der Waals surface area (Å²) in [6.07, 6.45) is 15.1. The van der Waals surface area contributed by atoms with E-state index in [2.05, 4.69) is 78.7 Å². The second kappa shape index (κ2) is 36.0. The molecule has 110 heavy (non-hydrogen) atoms. The number of nitrogen functional groups attached to an aromatic ring is 1. The van der Waals surface area contributed by atoms with Gasteiger partial charge in [0, 0.05) is 170 Å². The average molecular weight is 1480 g/mol. The van der Waals surface area contributed by atoms with Crippen LogP contribution < -0.4 is 48.9 Å². The van der Waals surface area contributed by atoms with E-state index in [0.29, 0.717) is 77.9 Å². The van der Waals surface area contributed by atoms with Gasteiger partial charge in [0.05, 0.1) is 143 Å². The first-order chi connectivity index (χ1) is 52.4. The minimum Gasteiger partial charge on any atom is -0.497 e. The molecule has 0 atom stereocenters. The molecule has 0 aliphatic carbocycles. The monoisotopic (exact) mass is 1480 g/mol. The molecule has 0 spiro atoms. The third-order valence-electron chi connectivity index (χ3n) is 17.4. The van der Waals surface area contributed by atoms with Gasteiger partial charge in [0.25, 0.3) is 0 Å². The first-order valence-electron chi connectivity index (χ1n) is 34.3. The summed E-state index contributed by atoms with van der Waals surface area (Å²) in [5.41, 5.74) is 25.4. The lowest BCUT2D eigenvalue weighted by Crippen LogP contribution is -2.19. The number of aliphatic hydroxyl groups is 1. The quantitative estimate of drug-likeness (QED) is 0.0671. The number of hydrogen-bond donors (Lipinski definition) is 2. The van der Waals surface area contributed by atoms with Crippen LogP contribution in [0.25, 0.3) is 66.9 Å². The highest BCUT2D eigenvalue weighted by Crippen LogP contribution is 2.38. The number of nitrogens with zero attached hydrogens (tertiary/aromatic N) is 18. The predicted molar refractivity (Wildman–Crippen MR) is 433 cm³/mol. The Balaban J connectivity index is 0.000000174. The Bertz CT molecular complexity index is 5600. The maximum Gasteiger partial charge on any atom is 0.129 e. The van der Waals surface area contributed by atoms with Crippen molar-refractivity contribution in [2.75, 3.05) is 89.3 Å². The van der Waals surface area contributed by atoms with Crippen LogP contribution in [0, 0.1) is 51.4 Å². The van der Waals surface area contributed by atoms with E-state index < -0.39 is 0 Å². The maximum absolute atomic E-state index is 9.49. The number of aliphatic hydroxyl groups excluding tert-OH is 1. The van der Waals surface area contributed by atoms with Gasteiger partial charge in [0.1, 0.15) is 57.5 Å². The van der Waals surface area contributed by atoms with Gasteiger partial charge in [-0.15, -0.1) is 0 Å². The largest absolute Gasteiger partial charge is 0.497 e. The number of aromatic nitrogens is 15. The molecule has 0 saturated carbocycles. The second-order valence-electron chi connectivity index (χ2n) is 24.9. The summed E-state index contributed by atoms with van der Waals surface area (Å²) in [7, 11) is 15.5. The molecule has 26 nitrogen and oxygen atoms in total. The van der Waals surface area contributed by atoms with Crippen LogP contribution in [-0.2, 0) is 21.1 Å². The zero-order chi connectivity index (χ0) is 76.0. The molecule has 26 heteroatoms. The number of ether oxygens (including phenoxy) is 6. The summed E-state index contributed by atoms with van der Waals surface area (Å²) in [5, 5.41) is 22.5. The second-order valence-corrected chi connectivity index (χ2v) is 24.9. The normalized spacial score (nSPS) is 10.6. The predicted octanol–water partition coefficient (Wildman–Crippen LogP) is 14.3. The minimum atomic E-state index is 0. The lowest BCUT2D eigenvalue weighted by Gasteiger charge is -2.26. The molecule has 0 amide bonds. The zero-order valence-corrected chi connectivity index (χ0v) is 62.3. The van der Waals surface area contributed by atoms with E-state index in [4.69, 9.17) is 49.1 Å². The van der Waals surface area contributed by atoms with Crippen molar-refractivity contribution in [1.82, 2.24) is 74.2 Å². The molecule has 14 rings (SSSR count). The Hall–Kier alpha value is -13.7. The molecule has 0 saturated heterocycles. The van der Waals surface area contributed by atoms with Gasteiger partial charge in [-0.3, -0.25) is 29.0 Å². The van der Waals surface area contributed by atoms with Gasteiger partial charge in [-0.25, -0.2) is 29.9 Å². The summed E-state index contributed by atoms with van der Waals surface area (Å²) in [6, 6.07) is 40.7. The minimum absolute atomic E-state index is 0. The number of pyridine rings is 1. The van der Waals surface area contributed by atoms with Crippen LogP contribution in [-0.4, -0.2) is 148 Å². The third-order valence-corrected chi connectivity index (χ3v) is 17.4. The first-order valence-corrected chi connectivity index (χ1v) is 34.3. The van der Waals surface area contributed by atoms with E-state index in [9.17, 15) is 5.11 Å². The highest BCUT2D eigenvalue weighted by Gasteiger charge is 2.20. The van der Waals surface area contributed by atoms with Crippen molar-refractivity contribution in [2.24, 2.45) is 21.1 Å². The van der Waals surface area contributed by atoms with Gasteiger partial charge in [-0.1, -0.05) is 32.8 Å². The molecule has 0 bridgehead atoms. The molecular formula is C84H89N19O7. The number of rotatable bonds is 20. The van der Waals surface area contributed by atoms with Crippen molar-refractivity contribution in [1.29, 1.82) is 0 Å². The molecule has 14 aromatic rings. The van der Waals surface area contributed by atoms with Crippen LogP contribution in [0.4, 0.5) is 39.9 Å². The molecule has 8 aromatic heterocycles. The van der Waals surface area contributed by atoms with Crippen molar-refractivity contribution in [3.05, 3.63) is 211 Å². The van der Waals surface area contributed by atoms with Gasteiger partial charge in [0.15, 0.2) is 0 Å². The van der Waals surface area contributed by atoms with E-state index in [1.165, 1.54) is 0 Å². The number of anilines is 7. The molecule has 0 aliphatic rings. The van der Waals surface area contributed by atoms with Gasteiger partial charge < -0.3 is 54.0 Å². The van der Waals surface area contributed by atoms with Crippen LogP contribution in [0.15, 0.2) is 177 Å². The van der Waals surface area contributed by atoms with E-state index in [-0.39, 0.29) is 21.5 Å². The maximum atomic E-state index is 9.49. The average Bonchev–Trinajstić information content (AvgIpc) is 1.21. The number of benzene rings is 6. The molecule has 0 aliphatic heterocycles. The third kappa shape index (κ3) is 18.9. The van der Waals surface area contributed by atoms with Gasteiger partial charge >= 0.3 is 0 Å².